The van der Waals surface area contributed by atoms with Crippen molar-refractivity contribution in [3.63, 3.8) is 0 Å². The number of carbonyl (C=O) groups is 1. The van der Waals surface area contributed by atoms with E-state index in [1.54, 1.807) is 12.1 Å². The number of nitrogens with zero attached hydrogens (tertiary/aromatic N) is 4. The van der Waals surface area contributed by atoms with Crippen LogP contribution in [0.3, 0.4) is 0 Å². The van der Waals surface area contributed by atoms with Gasteiger partial charge in [-0.3, -0.25) is 9.78 Å². The minimum Gasteiger partial charge on any atom is -0.349 e. The smallest absolute Gasteiger partial charge is 0.349 e. The topological polar surface area (TPSA) is 72.7 Å². The van der Waals surface area contributed by atoms with Crippen LogP contribution in [0.5, 0.6) is 0 Å². The van der Waals surface area contributed by atoms with Crippen LogP contribution < -0.4 is 5.32 Å². The van der Waals surface area contributed by atoms with Crippen LogP contribution >= 0.6 is 0 Å². The van der Waals surface area contributed by atoms with Gasteiger partial charge in [0.25, 0.3) is 5.91 Å². The first-order valence-corrected chi connectivity index (χ1v) is 9.77. The molecule has 0 spiro atoms. The van der Waals surface area contributed by atoms with E-state index in [-0.39, 0.29) is 23.5 Å². The van der Waals surface area contributed by atoms with Crippen LogP contribution in [0.15, 0.2) is 48.9 Å². The molecule has 1 N–H and O–H groups in total. The van der Waals surface area contributed by atoms with E-state index in [9.17, 15) is 18.0 Å². The molecular formula is C21H20F3N5O. The van der Waals surface area contributed by atoms with E-state index in [1.807, 2.05) is 0 Å². The van der Waals surface area contributed by atoms with E-state index >= 15 is 0 Å². The summed E-state index contributed by atoms with van der Waals surface area (Å²) in [4.78, 5) is 20.4. The Hall–Kier alpha value is -3.23. The number of amides is 1. The summed E-state index contributed by atoms with van der Waals surface area (Å²) < 4.78 is 41.4. The molecule has 9 heteroatoms. The molecule has 1 saturated carbocycles. The standard InChI is InChI=1S/C21H20F3N5O/c22-21(23,24)18-11-17(14-5-4-10-25-12-14)28-29(18)19-9-8-15(13-26-19)20(30)27-16-6-2-1-3-7-16/h4-5,8-13,16H,1-3,6-7H2,(H,27,30). The fraction of sp³-hybridized carbons (Fsp3) is 0.333. The molecular weight excluding hydrogens is 395 g/mol. The van der Waals surface area contributed by atoms with Crippen LogP contribution in [0.2, 0.25) is 0 Å². The molecule has 0 unspecified atom stereocenters. The van der Waals surface area contributed by atoms with Crippen LogP contribution in [-0.4, -0.2) is 31.7 Å². The number of nitrogens with one attached hydrogen (secondary N) is 1. The van der Waals surface area contributed by atoms with E-state index < -0.39 is 11.9 Å². The lowest BCUT2D eigenvalue weighted by Crippen LogP contribution is -2.36. The number of hydrogen-bond acceptors (Lipinski definition) is 4. The van der Waals surface area contributed by atoms with Crippen molar-refractivity contribution in [1.29, 1.82) is 0 Å². The Morgan fingerprint density at radius 1 is 1.10 bits per heavy atom. The largest absolute Gasteiger partial charge is 0.433 e. The van der Waals surface area contributed by atoms with Gasteiger partial charge in [0.15, 0.2) is 11.5 Å². The predicted molar refractivity (Wildman–Crippen MR) is 104 cm³/mol. The van der Waals surface area contributed by atoms with Gasteiger partial charge in [0, 0.05) is 30.2 Å². The summed E-state index contributed by atoms with van der Waals surface area (Å²) in [7, 11) is 0. The molecule has 3 heterocycles. The Morgan fingerprint density at radius 3 is 2.53 bits per heavy atom. The van der Waals surface area contributed by atoms with Gasteiger partial charge in [0.2, 0.25) is 0 Å². The molecule has 0 saturated heterocycles. The fourth-order valence-electron chi connectivity index (χ4n) is 3.57. The summed E-state index contributed by atoms with van der Waals surface area (Å²) in [6.45, 7) is 0. The highest BCUT2D eigenvalue weighted by Crippen LogP contribution is 2.33. The predicted octanol–water partition coefficient (Wildman–Crippen LogP) is 4.41. The molecule has 3 aromatic heterocycles. The SMILES string of the molecule is O=C(NC1CCCCC1)c1ccc(-n2nc(-c3cccnc3)cc2C(F)(F)F)nc1. The normalized spacial score (nSPS) is 15.2. The van der Waals surface area contributed by atoms with Crippen molar-refractivity contribution in [1.82, 2.24) is 25.1 Å². The molecule has 3 aromatic rings. The monoisotopic (exact) mass is 415 g/mol. The number of halogens is 3. The molecule has 156 valence electrons. The lowest BCUT2D eigenvalue weighted by Gasteiger charge is -2.22. The van der Waals surface area contributed by atoms with Gasteiger partial charge in [-0.25, -0.2) is 9.67 Å². The Balaban J connectivity index is 1.60. The third-order valence-corrected chi connectivity index (χ3v) is 5.12. The second kappa shape index (κ2) is 8.25. The maximum atomic E-state index is 13.6. The Morgan fingerprint density at radius 2 is 1.90 bits per heavy atom. The lowest BCUT2D eigenvalue weighted by molar-refractivity contribution is -0.142. The van der Waals surface area contributed by atoms with Gasteiger partial charge >= 0.3 is 6.18 Å². The second-order valence-corrected chi connectivity index (χ2v) is 7.28. The number of hydrogen-bond donors (Lipinski definition) is 1. The quantitative estimate of drug-likeness (QED) is 0.685. The minimum atomic E-state index is -4.62. The van der Waals surface area contributed by atoms with Crippen molar-refractivity contribution >= 4 is 5.91 Å². The van der Waals surface area contributed by atoms with Crippen molar-refractivity contribution in [2.75, 3.05) is 0 Å². The highest BCUT2D eigenvalue weighted by Gasteiger charge is 2.37. The fourth-order valence-corrected chi connectivity index (χ4v) is 3.57. The van der Waals surface area contributed by atoms with Crippen LogP contribution in [-0.2, 0) is 6.18 Å². The first-order chi connectivity index (χ1) is 14.4. The van der Waals surface area contributed by atoms with E-state index in [0.717, 1.165) is 36.4 Å². The average molecular weight is 415 g/mol. The second-order valence-electron chi connectivity index (χ2n) is 7.28. The first-order valence-electron chi connectivity index (χ1n) is 9.77. The molecule has 0 radical (unpaired) electrons. The highest BCUT2D eigenvalue weighted by atomic mass is 19.4. The van der Waals surface area contributed by atoms with Crippen molar-refractivity contribution in [3.05, 3.63) is 60.2 Å². The molecule has 1 amide bonds. The Bertz CT molecular complexity index is 1010. The van der Waals surface area contributed by atoms with E-state index in [4.69, 9.17) is 0 Å². The Labute approximate surface area is 171 Å². The minimum absolute atomic E-state index is 0.0216. The zero-order valence-corrected chi connectivity index (χ0v) is 16.1. The van der Waals surface area contributed by atoms with Gasteiger partial charge < -0.3 is 5.32 Å². The summed E-state index contributed by atoms with van der Waals surface area (Å²) in [5.74, 6) is -0.291. The molecule has 0 aliphatic heterocycles. The maximum Gasteiger partial charge on any atom is 0.433 e. The average Bonchev–Trinajstić information content (AvgIpc) is 3.21. The van der Waals surface area contributed by atoms with E-state index in [1.165, 1.54) is 37.1 Å². The third-order valence-electron chi connectivity index (χ3n) is 5.12. The molecule has 30 heavy (non-hydrogen) atoms. The van der Waals surface area contributed by atoms with Crippen LogP contribution in [0, 0.1) is 0 Å². The van der Waals surface area contributed by atoms with Gasteiger partial charge in [-0.15, -0.1) is 0 Å². The van der Waals surface area contributed by atoms with Crippen LogP contribution in [0.4, 0.5) is 13.2 Å². The van der Waals surface area contributed by atoms with E-state index in [0.29, 0.717) is 11.1 Å². The molecule has 0 aromatic carbocycles. The van der Waals surface area contributed by atoms with Gasteiger partial charge in [0.1, 0.15) is 0 Å². The van der Waals surface area contributed by atoms with Crippen molar-refractivity contribution in [3.8, 4) is 17.1 Å². The summed E-state index contributed by atoms with van der Waals surface area (Å²) >= 11 is 0. The maximum absolute atomic E-state index is 13.6. The first kappa shape index (κ1) is 20.1. The van der Waals surface area contributed by atoms with Gasteiger partial charge in [-0.2, -0.15) is 18.3 Å². The zero-order chi connectivity index (χ0) is 21.1. The summed E-state index contributed by atoms with van der Waals surface area (Å²) in [6, 6.07) is 7.18. The summed E-state index contributed by atoms with van der Waals surface area (Å²) in [5.41, 5.74) is -0.0487. The molecule has 1 aliphatic rings. The number of rotatable bonds is 4. The lowest BCUT2D eigenvalue weighted by atomic mass is 9.95. The van der Waals surface area contributed by atoms with Crippen LogP contribution in [0.25, 0.3) is 17.1 Å². The Kier molecular flexibility index (Phi) is 5.52. The van der Waals surface area contributed by atoms with Crippen LogP contribution in [0.1, 0.15) is 48.2 Å². The number of alkyl halides is 3. The molecule has 1 aliphatic carbocycles. The van der Waals surface area contributed by atoms with Gasteiger partial charge in [-0.05, 0) is 43.2 Å². The molecule has 0 atom stereocenters. The number of carbonyl (C=O) groups excluding carboxylic acids is 1. The highest BCUT2D eigenvalue weighted by molar-refractivity contribution is 5.94. The number of pyridine rings is 2. The van der Waals surface area contributed by atoms with Gasteiger partial charge in [0.05, 0.1) is 11.3 Å². The molecule has 0 bridgehead atoms. The van der Waals surface area contributed by atoms with E-state index in [2.05, 4.69) is 20.4 Å². The van der Waals surface area contributed by atoms with Gasteiger partial charge in [-0.1, -0.05) is 19.3 Å². The van der Waals surface area contributed by atoms with Crippen molar-refractivity contribution in [2.24, 2.45) is 0 Å². The molecule has 6 nitrogen and oxygen atoms in total. The number of aromatic nitrogens is 4. The summed E-state index contributed by atoms with van der Waals surface area (Å²) in [6.07, 6.45) is 4.86. The molecule has 1 fully saturated rings. The third kappa shape index (κ3) is 4.34. The zero-order valence-electron chi connectivity index (χ0n) is 16.1. The summed E-state index contributed by atoms with van der Waals surface area (Å²) in [5, 5.41) is 7.05. The molecule has 4 rings (SSSR count). The van der Waals surface area contributed by atoms with Crippen molar-refractivity contribution in [2.45, 2.75) is 44.3 Å². The van der Waals surface area contributed by atoms with Crippen molar-refractivity contribution < 1.29 is 18.0 Å².